The molecule has 2 heterocycles. The Labute approximate surface area is 131 Å². The van der Waals surface area contributed by atoms with Gasteiger partial charge in [0.15, 0.2) is 5.82 Å². The highest BCUT2D eigenvalue weighted by molar-refractivity contribution is 5.93. The molecule has 0 spiro atoms. The number of nitrogen functional groups attached to an aromatic ring is 1. The molecule has 0 unspecified atom stereocenters. The van der Waals surface area contributed by atoms with E-state index in [1.807, 2.05) is 0 Å². The maximum Gasteiger partial charge on any atom is 0.408 e. The van der Waals surface area contributed by atoms with Gasteiger partial charge < -0.3 is 20.8 Å². The topological polar surface area (TPSA) is 148 Å². The van der Waals surface area contributed by atoms with Crippen LogP contribution in [0.1, 0.15) is 20.8 Å². The minimum atomic E-state index is -0.707. The van der Waals surface area contributed by atoms with Crippen LogP contribution >= 0.6 is 0 Å². The molecule has 10 nitrogen and oxygen atoms in total. The number of nitrogens with zero attached hydrogens (tertiary/aromatic N) is 4. The van der Waals surface area contributed by atoms with Gasteiger partial charge in [-0.1, -0.05) is 0 Å². The van der Waals surface area contributed by atoms with Crippen molar-refractivity contribution in [2.45, 2.75) is 26.4 Å². The molecule has 0 aliphatic carbocycles. The molecule has 0 aliphatic rings. The third-order valence-corrected chi connectivity index (χ3v) is 2.48. The first kappa shape index (κ1) is 16.3. The molecule has 0 radical (unpaired) electrons. The third kappa shape index (κ3) is 4.46. The lowest BCUT2D eigenvalue weighted by Gasteiger charge is -2.19. The van der Waals surface area contributed by atoms with E-state index in [1.165, 1.54) is 12.4 Å². The minimum Gasteiger partial charge on any atom is -0.444 e. The van der Waals surface area contributed by atoms with E-state index in [-0.39, 0.29) is 18.2 Å². The molecule has 0 bridgehead atoms. The molecule has 2 aromatic heterocycles. The van der Waals surface area contributed by atoms with E-state index in [1.54, 1.807) is 20.8 Å². The van der Waals surface area contributed by atoms with Crippen molar-refractivity contribution in [3.63, 3.8) is 0 Å². The summed E-state index contributed by atoms with van der Waals surface area (Å²) in [5.74, 6) is -0.154. The van der Waals surface area contributed by atoms with Crippen molar-refractivity contribution in [1.82, 2.24) is 20.3 Å². The van der Waals surface area contributed by atoms with Crippen molar-refractivity contribution in [2.24, 2.45) is 10.2 Å². The molecular formula is C13H17N7O3. The Bertz CT molecular complexity index is 761. The van der Waals surface area contributed by atoms with Gasteiger partial charge in [0.1, 0.15) is 29.0 Å². The summed E-state index contributed by atoms with van der Waals surface area (Å²) in [4.78, 5) is 33.9. The molecule has 0 atom stereocenters. The Balaban J connectivity index is 1.97. The first-order valence-corrected chi connectivity index (χ1v) is 6.76. The van der Waals surface area contributed by atoms with E-state index in [2.05, 4.69) is 30.5 Å². The molecule has 122 valence electrons. The van der Waals surface area contributed by atoms with Gasteiger partial charge in [-0.2, -0.15) is 0 Å². The van der Waals surface area contributed by atoms with Crippen LogP contribution in [0, 0.1) is 0 Å². The predicted octanol–water partition coefficient (Wildman–Crippen LogP) is 1.68. The summed E-state index contributed by atoms with van der Waals surface area (Å²) in [5.41, 5.74) is 5.93. The highest BCUT2D eigenvalue weighted by Crippen LogP contribution is 2.26. The van der Waals surface area contributed by atoms with Gasteiger partial charge >= 0.3 is 6.09 Å². The number of amides is 2. The van der Waals surface area contributed by atoms with Gasteiger partial charge in [0.2, 0.25) is 0 Å². The quantitative estimate of drug-likeness (QED) is 0.733. The van der Waals surface area contributed by atoms with Crippen LogP contribution in [0.5, 0.6) is 0 Å². The predicted molar refractivity (Wildman–Crippen MR) is 82.1 cm³/mol. The Morgan fingerprint density at radius 3 is 2.61 bits per heavy atom. The van der Waals surface area contributed by atoms with E-state index < -0.39 is 17.6 Å². The summed E-state index contributed by atoms with van der Waals surface area (Å²) in [7, 11) is 0. The second kappa shape index (κ2) is 6.38. The number of nitrogens with two attached hydrogens (primary N) is 1. The number of H-pyrrole nitrogens is 1. The largest absolute Gasteiger partial charge is 0.444 e. The molecule has 23 heavy (non-hydrogen) atoms. The summed E-state index contributed by atoms with van der Waals surface area (Å²) in [5, 5.41) is 9.53. The van der Waals surface area contributed by atoms with E-state index >= 15 is 0 Å². The number of ether oxygens (including phenoxy) is 1. The summed E-state index contributed by atoms with van der Waals surface area (Å²) in [6.07, 6.45) is 2.26. The Morgan fingerprint density at radius 2 is 1.96 bits per heavy atom. The first-order chi connectivity index (χ1) is 10.8. The molecule has 0 aromatic carbocycles. The van der Waals surface area contributed by atoms with Gasteiger partial charge in [0.25, 0.3) is 5.91 Å². The normalized spacial score (nSPS) is 11.8. The number of aromatic amines is 1. The smallest absolute Gasteiger partial charge is 0.408 e. The fourth-order valence-corrected chi connectivity index (χ4v) is 1.63. The summed E-state index contributed by atoms with van der Waals surface area (Å²) in [6.45, 7) is 4.82. The van der Waals surface area contributed by atoms with Crippen molar-refractivity contribution in [1.29, 1.82) is 0 Å². The van der Waals surface area contributed by atoms with Crippen molar-refractivity contribution in [3.05, 3.63) is 12.4 Å². The highest BCUT2D eigenvalue weighted by Gasteiger charge is 2.16. The molecule has 4 N–H and O–H groups in total. The van der Waals surface area contributed by atoms with E-state index in [0.717, 1.165) is 0 Å². The number of anilines is 1. The first-order valence-electron chi connectivity index (χ1n) is 6.76. The maximum absolute atomic E-state index is 11.6. The average molecular weight is 319 g/mol. The summed E-state index contributed by atoms with van der Waals surface area (Å²) in [6, 6.07) is 0. The zero-order valence-corrected chi connectivity index (χ0v) is 13.0. The number of azo groups is 1. The van der Waals surface area contributed by atoms with Gasteiger partial charge in [0, 0.05) is 12.4 Å². The number of rotatable bonds is 3. The highest BCUT2D eigenvalue weighted by atomic mass is 16.6. The fraction of sp³-hybridized carbons (Fsp3) is 0.385. The van der Waals surface area contributed by atoms with Crippen LogP contribution in [0.3, 0.4) is 0 Å². The second-order valence-electron chi connectivity index (χ2n) is 5.59. The van der Waals surface area contributed by atoms with Crippen LogP contribution in [0.15, 0.2) is 22.6 Å². The van der Waals surface area contributed by atoms with Crippen LogP contribution < -0.4 is 11.1 Å². The van der Waals surface area contributed by atoms with Gasteiger partial charge in [-0.15, -0.1) is 10.2 Å². The fourth-order valence-electron chi connectivity index (χ4n) is 1.63. The van der Waals surface area contributed by atoms with Crippen molar-refractivity contribution < 1.29 is 14.3 Å². The van der Waals surface area contributed by atoms with Crippen LogP contribution in [-0.2, 0) is 9.53 Å². The zero-order valence-electron chi connectivity index (χ0n) is 13.0. The summed E-state index contributed by atoms with van der Waals surface area (Å²) < 4.78 is 5.00. The number of carbonyl (C=O) groups is 2. The number of alkyl carbamates (subject to hydrolysis) is 1. The lowest BCUT2D eigenvalue weighted by Crippen LogP contribution is -2.35. The number of fused-ring (bicyclic) bond motifs is 1. The number of carbonyl (C=O) groups excluding carboxylic acids is 2. The lowest BCUT2D eigenvalue weighted by molar-refractivity contribution is -0.117. The minimum absolute atomic E-state index is 0.219. The monoisotopic (exact) mass is 319 g/mol. The molecular weight excluding hydrogens is 302 g/mol. The van der Waals surface area contributed by atoms with E-state index in [9.17, 15) is 9.59 Å². The molecule has 0 saturated heterocycles. The van der Waals surface area contributed by atoms with Gasteiger partial charge in [0.05, 0.1) is 0 Å². The molecule has 10 heteroatoms. The molecule has 0 aliphatic heterocycles. The zero-order chi connectivity index (χ0) is 17.0. The lowest BCUT2D eigenvalue weighted by atomic mass is 10.2. The number of hydrogen-bond acceptors (Lipinski definition) is 7. The Hall–Kier alpha value is -3.04. The summed E-state index contributed by atoms with van der Waals surface area (Å²) >= 11 is 0. The van der Waals surface area contributed by atoms with Crippen LogP contribution in [0.25, 0.3) is 11.0 Å². The number of hydrogen-bond donors (Lipinski definition) is 3. The van der Waals surface area contributed by atoms with Crippen LogP contribution in [0.2, 0.25) is 0 Å². The molecule has 0 saturated carbocycles. The Kier molecular flexibility index (Phi) is 4.53. The second-order valence-corrected chi connectivity index (χ2v) is 5.59. The van der Waals surface area contributed by atoms with Gasteiger partial charge in [-0.3, -0.25) is 4.79 Å². The van der Waals surface area contributed by atoms with E-state index in [0.29, 0.717) is 11.0 Å². The van der Waals surface area contributed by atoms with Crippen LogP contribution in [0.4, 0.5) is 16.4 Å². The van der Waals surface area contributed by atoms with Gasteiger partial charge in [-0.25, -0.2) is 14.8 Å². The number of aromatic nitrogens is 3. The Morgan fingerprint density at radius 1 is 1.30 bits per heavy atom. The van der Waals surface area contributed by atoms with Crippen molar-refractivity contribution in [3.8, 4) is 0 Å². The standard InChI is InChI=1S/C13H17N7O3/c1-13(2,3)23-12(22)17-6-7(21)19-20-11-9-8(10(14)18-11)15-4-5-16-9/h4-5,18H,6,14H2,1-3H3,(H,17,22). The SMILES string of the molecule is CC(C)(C)OC(=O)NCC(=O)N=Nc1[nH]c(N)c2nccnc12. The van der Waals surface area contributed by atoms with Crippen molar-refractivity contribution in [2.75, 3.05) is 12.3 Å². The molecule has 2 rings (SSSR count). The van der Waals surface area contributed by atoms with Crippen LogP contribution in [-0.4, -0.2) is 39.1 Å². The van der Waals surface area contributed by atoms with Gasteiger partial charge in [-0.05, 0) is 20.8 Å². The third-order valence-electron chi connectivity index (χ3n) is 2.48. The maximum atomic E-state index is 11.6. The molecule has 2 aromatic rings. The average Bonchev–Trinajstić information content (AvgIpc) is 2.78. The van der Waals surface area contributed by atoms with Crippen molar-refractivity contribution >= 4 is 34.7 Å². The van der Waals surface area contributed by atoms with E-state index in [4.69, 9.17) is 10.5 Å². The number of nitrogens with one attached hydrogen (secondary N) is 2. The molecule has 2 amide bonds. The molecule has 0 fully saturated rings.